The average Bonchev–Trinajstić information content (AvgIpc) is 2.75. The van der Waals surface area contributed by atoms with Gasteiger partial charge in [0.1, 0.15) is 18.1 Å². The van der Waals surface area contributed by atoms with E-state index in [0.717, 1.165) is 22.0 Å². The van der Waals surface area contributed by atoms with E-state index in [2.05, 4.69) is 5.32 Å². The molecule has 9 heteroatoms. The van der Waals surface area contributed by atoms with Crippen LogP contribution in [0.15, 0.2) is 71.6 Å². The summed E-state index contributed by atoms with van der Waals surface area (Å²) in [6, 6.07) is 15.6. The Morgan fingerprint density at radius 2 is 1.71 bits per heavy atom. The molecular formula is C22H20ClFN2O4S. The van der Waals surface area contributed by atoms with Crippen molar-refractivity contribution in [2.45, 2.75) is 11.8 Å². The zero-order valence-corrected chi connectivity index (χ0v) is 18.4. The molecule has 31 heavy (non-hydrogen) atoms. The number of methoxy groups -OCH3 is 1. The fraction of sp³-hybridized carbons (Fsp3) is 0.136. The van der Waals surface area contributed by atoms with Gasteiger partial charge in [-0.15, -0.1) is 0 Å². The van der Waals surface area contributed by atoms with E-state index < -0.39 is 28.3 Å². The fourth-order valence-electron chi connectivity index (χ4n) is 2.85. The van der Waals surface area contributed by atoms with Crippen LogP contribution in [0.5, 0.6) is 5.75 Å². The van der Waals surface area contributed by atoms with Crippen LogP contribution in [0.1, 0.15) is 5.56 Å². The lowest BCUT2D eigenvalue weighted by Crippen LogP contribution is -2.38. The number of rotatable bonds is 7. The highest BCUT2D eigenvalue weighted by atomic mass is 35.5. The third-order valence-corrected chi connectivity index (χ3v) is 6.55. The number of halogens is 2. The quantitative estimate of drug-likeness (QED) is 0.555. The summed E-state index contributed by atoms with van der Waals surface area (Å²) < 4.78 is 46.0. The van der Waals surface area contributed by atoms with E-state index in [-0.39, 0.29) is 10.6 Å². The number of hydrogen-bond acceptors (Lipinski definition) is 4. The summed E-state index contributed by atoms with van der Waals surface area (Å²) in [5, 5.41) is 3.11. The largest absolute Gasteiger partial charge is 0.497 e. The molecule has 0 aromatic heterocycles. The number of anilines is 2. The summed E-state index contributed by atoms with van der Waals surface area (Å²) in [6.07, 6.45) is 0. The number of nitrogens with zero attached hydrogens (tertiary/aromatic N) is 1. The van der Waals surface area contributed by atoms with Crippen LogP contribution in [0.3, 0.4) is 0 Å². The molecular weight excluding hydrogens is 443 g/mol. The Morgan fingerprint density at radius 3 is 2.32 bits per heavy atom. The number of carbonyl (C=O) groups is 1. The highest BCUT2D eigenvalue weighted by Crippen LogP contribution is 2.26. The summed E-state index contributed by atoms with van der Waals surface area (Å²) in [7, 11) is -2.66. The smallest absolute Gasteiger partial charge is 0.264 e. The van der Waals surface area contributed by atoms with Crippen LogP contribution in [0, 0.1) is 12.7 Å². The Morgan fingerprint density at radius 1 is 1.06 bits per heavy atom. The van der Waals surface area contributed by atoms with Crippen LogP contribution < -0.4 is 14.4 Å². The van der Waals surface area contributed by atoms with Crippen molar-refractivity contribution in [2.24, 2.45) is 0 Å². The molecule has 0 bridgehead atoms. The minimum absolute atomic E-state index is 0.0376. The van der Waals surface area contributed by atoms with Gasteiger partial charge in [0.2, 0.25) is 5.91 Å². The van der Waals surface area contributed by atoms with Crippen LogP contribution in [0.4, 0.5) is 15.8 Å². The Labute approximate surface area is 185 Å². The molecule has 0 saturated heterocycles. The molecule has 0 aliphatic carbocycles. The third-order valence-electron chi connectivity index (χ3n) is 4.52. The van der Waals surface area contributed by atoms with Gasteiger partial charge in [0.25, 0.3) is 10.0 Å². The molecule has 0 radical (unpaired) electrons. The molecule has 3 rings (SSSR count). The molecule has 1 N–H and O–H groups in total. The normalized spacial score (nSPS) is 11.1. The fourth-order valence-corrected chi connectivity index (χ4v) is 4.44. The number of aryl methyl sites for hydroxylation is 1. The van der Waals surface area contributed by atoms with Crippen molar-refractivity contribution < 1.29 is 22.3 Å². The van der Waals surface area contributed by atoms with Crippen LogP contribution in [0.2, 0.25) is 5.02 Å². The Balaban J connectivity index is 1.95. The second-order valence-electron chi connectivity index (χ2n) is 6.67. The van der Waals surface area contributed by atoms with Crippen molar-refractivity contribution in [3.8, 4) is 5.75 Å². The Bertz CT molecular complexity index is 1180. The number of benzene rings is 3. The van der Waals surface area contributed by atoms with Gasteiger partial charge >= 0.3 is 0 Å². The molecule has 0 saturated carbocycles. The van der Waals surface area contributed by atoms with Crippen molar-refractivity contribution in [3.63, 3.8) is 0 Å². The minimum atomic E-state index is -4.13. The highest BCUT2D eigenvalue weighted by molar-refractivity contribution is 7.92. The lowest BCUT2D eigenvalue weighted by molar-refractivity contribution is -0.114. The van der Waals surface area contributed by atoms with Gasteiger partial charge in [0, 0.05) is 10.7 Å². The van der Waals surface area contributed by atoms with Crippen molar-refractivity contribution in [2.75, 3.05) is 23.3 Å². The molecule has 1 amide bonds. The first-order valence-corrected chi connectivity index (χ1v) is 11.0. The Hall–Kier alpha value is -3.10. The van der Waals surface area contributed by atoms with Gasteiger partial charge in [-0.3, -0.25) is 9.10 Å². The molecule has 0 atom stereocenters. The topological polar surface area (TPSA) is 75.7 Å². The molecule has 0 spiro atoms. The average molecular weight is 463 g/mol. The molecule has 0 fully saturated rings. The maximum absolute atomic E-state index is 13.4. The summed E-state index contributed by atoms with van der Waals surface area (Å²) >= 11 is 5.99. The second-order valence-corrected chi connectivity index (χ2v) is 8.97. The van der Waals surface area contributed by atoms with E-state index in [1.165, 1.54) is 43.5 Å². The SMILES string of the molecule is COc1ccc(S(=O)(=O)N(CC(=O)Nc2cc(Cl)ccc2C)c2ccc(F)cc2)cc1. The lowest BCUT2D eigenvalue weighted by atomic mass is 10.2. The molecule has 3 aromatic carbocycles. The first-order chi connectivity index (χ1) is 14.7. The van der Waals surface area contributed by atoms with Gasteiger partial charge in [-0.05, 0) is 73.2 Å². The van der Waals surface area contributed by atoms with E-state index in [1.807, 2.05) is 0 Å². The molecule has 0 aliphatic rings. The number of nitrogens with one attached hydrogen (secondary N) is 1. The number of sulfonamides is 1. The molecule has 0 unspecified atom stereocenters. The minimum Gasteiger partial charge on any atom is -0.497 e. The van der Waals surface area contributed by atoms with E-state index in [0.29, 0.717) is 16.5 Å². The van der Waals surface area contributed by atoms with Crippen molar-refractivity contribution in [1.29, 1.82) is 0 Å². The highest BCUT2D eigenvalue weighted by Gasteiger charge is 2.27. The zero-order chi connectivity index (χ0) is 22.6. The summed E-state index contributed by atoms with van der Waals surface area (Å²) in [6.45, 7) is 1.27. The standard InChI is InChI=1S/C22H20ClFN2O4S/c1-15-3-4-16(23)13-21(15)25-22(27)14-26(18-7-5-17(24)6-8-18)31(28,29)20-11-9-19(30-2)10-12-20/h3-13H,14H2,1-2H3,(H,25,27). The lowest BCUT2D eigenvalue weighted by Gasteiger charge is -2.24. The summed E-state index contributed by atoms with van der Waals surface area (Å²) in [4.78, 5) is 12.7. The van der Waals surface area contributed by atoms with E-state index in [4.69, 9.17) is 16.3 Å². The van der Waals surface area contributed by atoms with E-state index in [9.17, 15) is 17.6 Å². The zero-order valence-electron chi connectivity index (χ0n) is 16.8. The van der Waals surface area contributed by atoms with Gasteiger partial charge in [0.15, 0.2) is 0 Å². The summed E-state index contributed by atoms with van der Waals surface area (Å²) in [5.41, 5.74) is 1.39. The van der Waals surface area contributed by atoms with Crippen molar-refractivity contribution >= 4 is 38.9 Å². The number of carbonyl (C=O) groups excluding carboxylic acids is 1. The molecule has 0 aliphatic heterocycles. The van der Waals surface area contributed by atoms with Crippen molar-refractivity contribution in [3.05, 3.63) is 83.1 Å². The maximum Gasteiger partial charge on any atom is 0.264 e. The van der Waals surface area contributed by atoms with Crippen LogP contribution >= 0.6 is 11.6 Å². The van der Waals surface area contributed by atoms with Gasteiger partial charge in [-0.1, -0.05) is 17.7 Å². The van der Waals surface area contributed by atoms with Gasteiger partial charge in [-0.25, -0.2) is 12.8 Å². The number of ether oxygens (including phenoxy) is 1. The monoisotopic (exact) mass is 462 g/mol. The summed E-state index contributed by atoms with van der Waals surface area (Å²) in [5.74, 6) is -0.613. The molecule has 3 aromatic rings. The predicted molar refractivity (Wildman–Crippen MR) is 119 cm³/mol. The first kappa shape index (κ1) is 22.6. The second kappa shape index (κ2) is 9.36. The number of amides is 1. The van der Waals surface area contributed by atoms with E-state index >= 15 is 0 Å². The van der Waals surface area contributed by atoms with Crippen molar-refractivity contribution in [1.82, 2.24) is 0 Å². The Kier molecular flexibility index (Phi) is 6.82. The molecule has 6 nitrogen and oxygen atoms in total. The molecule has 162 valence electrons. The molecule has 0 heterocycles. The van der Waals surface area contributed by atoms with Crippen LogP contribution in [-0.4, -0.2) is 28.0 Å². The number of hydrogen-bond donors (Lipinski definition) is 1. The predicted octanol–water partition coefficient (Wildman–Crippen LogP) is 4.63. The van der Waals surface area contributed by atoms with Gasteiger partial charge in [-0.2, -0.15) is 0 Å². The first-order valence-electron chi connectivity index (χ1n) is 9.19. The van der Waals surface area contributed by atoms with Crippen LogP contribution in [0.25, 0.3) is 0 Å². The van der Waals surface area contributed by atoms with Crippen LogP contribution in [-0.2, 0) is 14.8 Å². The third kappa shape index (κ3) is 5.34. The van der Waals surface area contributed by atoms with Gasteiger partial charge < -0.3 is 10.1 Å². The maximum atomic E-state index is 13.4. The van der Waals surface area contributed by atoms with Gasteiger partial charge in [0.05, 0.1) is 17.7 Å². The van der Waals surface area contributed by atoms with E-state index in [1.54, 1.807) is 25.1 Å².